The minimum Gasteiger partial charge on any atom is -0.300 e. The topological polar surface area (TPSA) is 62.9 Å². The average molecular weight is 335 g/mol. The van der Waals surface area contributed by atoms with E-state index < -0.39 is 0 Å². The molecule has 0 saturated heterocycles. The Morgan fingerprint density at radius 3 is 2.04 bits per heavy atom. The molecule has 0 unspecified atom stereocenters. The number of hydrogen-bond acceptors (Lipinski definition) is 3. The highest BCUT2D eigenvalue weighted by atomic mass is 35.5. The third-order valence-electron chi connectivity index (χ3n) is 4.11. The normalized spacial score (nSPS) is 12.7. The summed E-state index contributed by atoms with van der Waals surface area (Å²) in [5.74, 6) is -0.457. The zero-order chi connectivity index (χ0) is 16.8. The van der Waals surface area contributed by atoms with Gasteiger partial charge < -0.3 is 4.57 Å². The highest BCUT2D eigenvalue weighted by Crippen LogP contribution is 2.27. The molecule has 0 fully saturated rings. The van der Waals surface area contributed by atoms with Gasteiger partial charge in [-0.3, -0.25) is 15.0 Å². The summed E-state index contributed by atoms with van der Waals surface area (Å²) in [5.41, 5.74) is 1.98. The van der Waals surface area contributed by atoms with E-state index in [1.165, 1.54) is 16.8 Å². The minimum atomic E-state index is -0.236. The van der Waals surface area contributed by atoms with Gasteiger partial charge in [-0.25, -0.2) is 0 Å². The van der Waals surface area contributed by atoms with Crippen LogP contribution in [-0.4, -0.2) is 16.1 Å². The quantitative estimate of drug-likeness (QED) is 0.580. The lowest BCUT2D eigenvalue weighted by atomic mass is 9.85. The lowest BCUT2D eigenvalue weighted by Gasteiger charge is -2.19. The van der Waals surface area contributed by atoms with Gasteiger partial charge in [0.15, 0.2) is 11.6 Å². The number of carbonyl (C=O) groups is 2. The van der Waals surface area contributed by atoms with Gasteiger partial charge in [-0.15, -0.1) is 0 Å². The highest BCUT2D eigenvalue weighted by molar-refractivity contribution is 6.32. The minimum absolute atomic E-state index is 0.0855. The van der Waals surface area contributed by atoms with Crippen LogP contribution >= 0.6 is 11.6 Å². The number of benzene rings is 2. The predicted molar refractivity (Wildman–Crippen MR) is 89.9 cm³/mol. The van der Waals surface area contributed by atoms with E-state index >= 15 is 0 Å². The van der Waals surface area contributed by atoms with Crippen molar-refractivity contribution in [2.24, 2.45) is 0 Å². The molecule has 3 aromatic rings. The van der Waals surface area contributed by atoms with Crippen molar-refractivity contribution in [1.29, 1.82) is 5.41 Å². The molecule has 0 aliphatic heterocycles. The van der Waals surface area contributed by atoms with Gasteiger partial charge in [0.1, 0.15) is 5.49 Å². The summed E-state index contributed by atoms with van der Waals surface area (Å²) in [7, 11) is 0. The van der Waals surface area contributed by atoms with Crippen molar-refractivity contribution in [2.45, 2.75) is 0 Å². The smallest absolute Gasteiger partial charge is 0.196 e. The summed E-state index contributed by atoms with van der Waals surface area (Å²) >= 11 is 6.20. The number of carbonyl (C=O) groups excluding carboxylic acids is 2. The molecule has 24 heavy (non-hydrogen) atoms. The third kappa shape index (κ3) is 2.04. The molecule has 1 aliphatic rings. The van der Waals surface area contributed by atoms with Crippen molar-refractivity contribution in [3.63, 3.8) is 0 Å². The molecule has 1 heterocycles. The van der Waals surface area contributed by atoms with Crippen LogP contribution < -0.4 is 5.49 Å². The Morgan fingerprint density at radius 1 is 0.792 bits per heavy atom. The van der Waals surface area contributed by atoms with Crippen molar-refractivity contribution >= 4 is 23.2 Å². The zero-order valence-corrected chi connectivity index (χ0v) is 13.2. The summed E-state index contributed by atoms with van der Waals surface area (Å²) < 4.78 is 1.51. The fourth-order valence-electron chi connectivity index (χ4n) is 2.94. The first-order valence-electron chi connectivity index (χ1n) is 7.32. The molecule has 4 rings (SSSR count). The maximum atomic E-state index is 12.8. The molecular formula is C19H11ClN2O2. The first-order valence-corrected chi connectivity index (χ1v) is 7.70. The van der Waals surface area contributed by atoms with E-state index in [0.717, 1.165) is 0 Å². The Bertz CT molecular complexity index is 1080. The van der Waals surface area contributed by atoms with Crippen molar-refractivity contribution in [3.05, 3.63) is 93.6 Å². The number of aromatic nitrogens is 1. The number of fused-ring (bicyclic) bond motifs is 2. The van der Waals surface area contributed by atoms with E-state index in [4.69, 9.17) is 17.0 Å². The number of nitrogens with one attached hydrogen (secondary N) is 1. The van der Waals surface area contributed by atoms with Crippen molar-refractivity contribution in [3.8, 4) is 5.69 Å². The van der Waals surface area contributed by atoms with Crippen molar-refractivity contribution in [2.75, 3.05) is 0 Å². The predicted octanol–water partition coefficient (Wildman–Crippen LogP) is 3.39. The van der Waals surface area contributed by atoms with Gasteiger partial charge in [0.05, 0.1) is 16.3 Å². The van der Waals surface area contributed by atoms with Gasteiger partial charge in [-0.2, -0.15) is 0 Å². The van der Waals surface area contributed by atoms with Gasteiger partial charge in [0.2, 0.25) is 0 Å². The largest absolute Gasteiger partial charge is 0.300 e. The maximum absolute atomic E-state index is 12.8. The number of nitrogens with zero attached hydrogens (tertiary/aromatic N) is 1. The molecular weight excluding hydrogens is 324 g/mol. The molecule has 0 saturated carbocycles. The number of para-hydroxylation sites is 1. The van der Waals surface area contributed by atoms with Crippen LogP contribution in [0.25, 0.3) is 5.69 Å². The molecule has 1 aliphatic carbocycles. The summed E-state index contributed by atoms with van der Waals surface area (Å²) in [4.78, 5) is 25.4. The van der Waals surface area contributed by atoms with Crippen molar-refractivity contribution in [1.82, 2.24) is 4.57 Å². The summed E-state index contributed by atoms with van der Waals surface area (Å²) in [6.45, 7) is 0. The van der Waals surface area contributed by atoms with Gasteiger partial charge >= 0.3 is 0 Å². The summed E-state index contributed by atoms with van der Waals surface area (Å²) in [6, 6.07) is 15.2. The molecule has 0 bridgehead atoms. The second-order valence-electron chi connectivity index (χ2n) is 5.51. The fraction of sp³-hybridized carbons (Fsp3) is 0. The van der Waals surface area contributed by atoms with E-state index in [1.807, 2.05) is 0 Å². The van der Waals surface area contributed by atoms with Gasteiger partial charge in [-0.05, 0) is 18.2 Å². The maximum Gasteiger partial charge on any atom is 0.196 e. The SMILES string of the molecule is N=c1cc2c(cn1-c1ccccc1Cl)C(=O)c1ccccc1C2=O. The van der Waals surface area contributed by atoms with E-state index in [2.05, 4.69) is 0 Å². The third-order valence-corrected chi connectivity index (χ3v) is 4.43. The monoisotopic (exact) mass is 334 g/mol. The Kier molecular flexibility index (Phi) is 3.22. The number of halogens is 1. The van der Waals surface area contributed by atoms with Crippen molar-refractivity contribution < 1.29 is 9.59 Å². The lowest BCUT2D eigenvalue weighted by molar-refractivity contribution is 0.0978. The van der Waals surface area contributed by atoms with Crippen LogP contribution in [0.2, 0.25) is 5.02 Å². The molecule has 1 N–H and O–H groups in total. The second kappa shape index (κ2) is 5.28. The van der Waals surface area contributed by atoms with Gasteiger partial charge in [0.25, 0.3) is 0 Å². The highest BCUT2D eigenvalue weighted by Gasteiger charge is 2.30. The van der Waals surface area contributed by atoms with Gasteiger partial charge in [0, 0.05) is 22.9 Å². The number of pyridine rings is 1. The Hall–Kier alpha value is -2.98. The summed E-state index contributed by atoms with van der Waals surface area (Å²) in [5, 5.41) is 8.69. The Balaban J connectivity index is 1.99. The molecule has 0 radical (unpaired) electrons. The Labute approximate surface area is 142 Å². The number of rotatable bonds is 1. The molecule has 0 atom stereocenters. The van der Waals surface area contributed by atoms with Crippen LogP contribution in [0.5, 0.6) is 0 Å². The van der Waals surface area contributed by atoms with E-state index in [9.17, 15) is 9.59 Å². The lowest BCUT2D eigenvalue weighted by Crippen LogP contribution is -2.27. The molecule has 1 aromatic heterocycles. The van der Waals surface area contributed by atoms with E-state index in [0.29, 0.717) is 21.8 Å². The van der Waals surface area contributed by atoms with Crippen LogP contribution in [0, 0.1) is 5.41 Å². The summed E-state index contributed by atoms with van der Waals surface area (Å²) in [6.07, 6.45) is 1.52. The molecule has 2 aromatic carbocycles. The van der Waals surface area contributed by atoms with Crippen LogP contribution in [0.1, 0.15) is 31.8 Å². The van der Waals surface area contributed by atoms with Crippen LogP contribution in [0.4, 0.5) is 0 Å². The van der Waals surface area contributed by atoms with Crippen LogP contribution in [0.15, 0.2) is 60.8 Å². The molecule has 116 valence electrons. The first kappa shape index (κ1) is 14.6. The van der Waals surface area contributed by atoms with E-state index in [-0.39, 0.29) is 28.2 Å². The fourth-order valence-corrected chi connectivity index (χ4v) is 3.16. The number of ketones is 2. The molecule has 4 nitrogen and oxygen atoms in total. The standard InChI is InChI=1S/C19H11ClN2O2/c20-15-7-3-4-8-16(15)22-10-14-13(9-17(22)21)18(23)11-5-1-2-6-12(11)19(14)24/h1-10,21H. The second-order valence-corrected chi connectivity index (χ2v) is 5.92. The van der Waals surface area contributed by atoms with Crippen LogP contribution in [-0.2, 0) is 0 Å². The van der Waals surface area contributed by atoms with Gasteiger partial charge in [-0.1, -0.05) is 48.0 Å². The first-order chi connectivity index (χ1) is 11.6. The number of hydrogen-bond donors (Lipinski definition) is 1. The Morgan fingerprint density at radius 2 is 1.38 bits per heavy atom. The average Bonchev–Trinajstić information content (AvgIpc) is 2.60. The molecule has 0 amide bonds. The molecule has 5 heteroatoms. The molecule has 0 spiro atoms. The van der Waals surface area contributed by atoms with Crippen LogP contribution in [0.3, 0.4) is 0 Å². The zero-order valence-electron chi connectivity index (χ0n) is 12.4. The van der Waals surface area contributed by atoms with E-state index in [1.54, 1.807) is 48.5 Å².